The van der Waals surface area contributed by atoms with E-state index < -0.39 is 35.8 Å². The van der Waals surface area contributed by atoms with Gasteiger partial charge in [-0.05, 0) is 63.1 Å². The summed E-state index contributed by atoms with van der Waals surface area (Å²) in [5.41, 5.74) is -0.167. The maximum absolute atomic E-state index is 12.3. The van der Waals surface area contributed by atoms with Crippen LogP contribution >= 0.6 is 0 Å². The van der Waals surface area contributed by atoms with E-state index in [2.05, 4.69) is 5.32 Å². The normalized spacial score (nSPS) is 13.0. The molecule has 1 unspecified atom stereocenters. The van der Waals surface area contributed by atoms with Crippen LogP contribution in [0, 0.1) is 17.3 Å². The topological polar surface area (TPSA) is 147 Å². The molecule has 0 bridgehead atoms. The average molecular weight is 554 g/mol. The smallest absolute Gasteiger partial charge is 0.480 e. The molecule has 0 spiro atoms. The zero-order chi connectivity index (χ0) is 29.8. The summed E-state index contributed by atoms with van der Waals surface area (Å²) < 4.78 is 26.0. The minimum atomic E-state index is -1.13. The fourth-order valence-electron chi connectivity index (χ4n) is 2.87. The second-order valence-electron chi connectivity index (χ2n) is 10.9. The standard InChI is InChI=1S/C28H43NO10/c1-9-28(7,8)25(32)37-19(6)14-29-21(24(30)31)12-20-10-11-22(38-26(33)35-15-17(2)3)23(13-20)39-27(34)36-16-18(4)5/h10-11,13,17-19,21,29H,9,12,14-16H2,1-8H3,(H,30,31)/t19?,21-/m0/s1. The van der Waals surface area contributed by atoms with Crippen molar-refractivity contribution in [1.29, 1.82) is 0 Å². The van der Waals surface area contributed by atoms with Gasteiger partial charge in [0.2, 0.25) is 0 Å². The maximum atomic E-state index is 12.3. The number of carboxylic acids is 1. The van der Waals surface area contributed by atoms with Crippen LogP contribution in [0.5, 0.6) is 11.5 Å². The number of nitrogens with one attached hydrogen (secondary N) is 1. The maximum Gasteiger partial charge on any atom is 0.513 e. The lowest BCUT2D eigenvalue weighted by molar-refractivity contribution is -0.158. The number of hydrogen-bond acceptors (Lipinski definition) is 10. The van der Waals surface area contributed by atoms with Gasteiger partial charge >= 0.3 is 24.2 Å². The second-order valence-corrected chi connectivity index (χ2v) is 10.9. The number of carbonyl (C=O) groups is 4. The largest absolute Gasteiger partial charge is 0.513 e. The van der Waals surface area contributed by atoms with Crippen LogP contribution in [0.2, 0.25) is 0 Å². The molecule has 0 radical (unpaired) electrons. The summed E-state index contributed by atoms with van der Waals surface area (Å²) in [6, 6.07) is 3.27. The van der Waals surface area contributed by atoms with Crippen molar-refractivity contribution in [3.63, 3.8) is 0 Å². The van der Waals surface area contributed by atoms with Gasteiger partial charge in [0.05, 0.1) is 18.6 Å². The first kappa shape index (κ1) is 33.7. The predicted molar refractivity (Wildman–Crippen MR) is 143 cm³/mol. The van der Waals surface area contributed by atoms with E-state index >= 15 is 0 Å². The zero-order valence-corrected chi connectivity index (χ0v) is 24.2. The Morgan fingerprint density at radius 3 is 1.92 bits per heavy atom. The highest BCUT2D eigenvalue weighted by Crippen LogP contribution is 2.30. The van der Waals surface area contributed by atoms with Gasteiger partial charge in [0.25, 0.3) is 0 Å². The molecule has 0 aliphatic carbocycles. The van der Waals surface area contributed by atoms with Crippen LogP contribution in [0.3, 0.4) is 0 Å². The highest BCUT2D eigenvalue weighted by molar-refractivity contribution is 5.76. The van der Waals surface area contributed by atoms with E-state index in [0.29, 0.717) is 12.0 Å². The molecular weight excluding hydrogens is 510 g/mol. The Balaban J connectivity index is 3.01. The van der Waals surface area contributed by atoms with Crippen LogP contribution in [-0.2, 0) is 30.2 Å². The summed E-state index contributed by atoms with van der Waals surface area (Å²) in [6.07, 6.45) is -1.94. The van der Waals surface area contributed by atoms with Crippen LogP contribution < -0.4 is 14.8 Å². The third-order valence-electron chi connectivity index (χ3n) is 5.60. The molecular formula is C28H43NO10. The van der Waals surface area contributed by atoms with Crippen molar-refractivity contribution < 1.29 is 48.0 Å². The number of carbonyl (C=O) groups excluding carboxylic acids is 3. The van der Waals surface area contributed by atoms with E-state index in [4.69, 9.17) is 23.7 Å². The number of carboxylic acid groups (broad SMARTS) is 1. The molecule has 0 saturated heterocycles. The lowest BCUT2D eigenvalue weighted by atomic mass is 9.90. The van der Waals surface area contributed by atoms with E-state index in [1.54, 1.807) is 26.8 Å². The highest BCUT2D eigenvalue weighted by Gasteiger charge is 2.29. The number of aliphatic carboxylic acids is 1. The van der Waals surface area contributed by atoms with Crippen molar-refractivity contribution in [2.24, 2.45) is 17.3 Å². The fourth-order valence-corrected chi connectivity index (χ4v) is 2.87. The first-order valence-electron chi connectivity index (χ1n) is 13.1. The molecule has 11 nitrogen and oxygen atoms in total. The quantitative estimate of drug-likeness (QED) is 0.172. The Labute approximate surface area is 230 Å². The van der Waals surface area contributed by atoms with Gasteiger partial charge in [0, 0.05) is 6.54 Å². The molecule has 0 aromatic heterocycles. The van der Waals surface area contributed by atoms with E-state index in [-0.39, 0.29) is 55.5 Å². The number of benzene rings is 1. The van der Waals surface area contributed by atoms with Crippen molar-refractivity contribution in [3.05, 3.63) is 23.8 Å². The summed E-state index contributed by atoms with van der Waals surface area (Å²) in [5, 5.41) is 12.6. The van der Waals surface area contributed by atoms with E-state index in [0.717, 1.165) is 0 Å². The molecule has 1 rings (SSSR count). The molecule has 11 heteroatoms. The van der Waals surface area contributed by atoms with E-state index in [1.165, 1.54) is 12.1 Å². The van der Waals surface area contributed by atoms with Crippen LogP contribution in [0.15, 0.2) is 18.2 Å². The summed E-state index contributed by atoms with van der Waals surface area (Å²) in [6.45, 7) is 14.9. The molecule has 220 valence electrons. The van der Waals surface area contributed by atoms with Crippen molar-refractivity contribution >= 4 is 24.2 Å². The number of rotatable bonds is 15. The Bertz CT molecular complexity index is 973. The van der Waals surface area contributed by atoms with Gasteiger partial charge in [-0.2, -0.15) is 0 Å². The summed E-state index contributed by atoms with van der Waals surface area (Å²) in [4.78, 5) is 48.5. The molecule has 39 heavy (non-hydrogen) atoms. The molecule has 0 aliphatic heterocycles. The van der Waals surface area contributed by atoms with Gasteiger partial charge in [-0.1, -0.05) is 40.7 Å². The van der Waals surface area contributed by atoms with Gasteiger partial charge in [0.1, 0.15) is 12.1 Å². The van der Waals surface area contributed by atoms with Crippen LogP contribution in [0.25, 0.3) is 0 Å². The molecule has 0 heterocycles. The molecule has 1 aromatic rings. The first-order chi connectivity index (χ1) is 18.1. The van der Waals surface area contributed by atoms with Crippen molar-refractivity contribution in [1.82, 2.24) is 5.32 Å². The Morgan fingerprint density at radius 1 is 0.897 bits per heavy atom. The Morgan fingerprint density at radius 2 is 1.44 bits per heavy atom. The Hall–Kier alpha value is -3.34. The molecule has 0 aliphatic rings. The molecule has 0 amide bonds. The highest BCUT2D eigenvalue weighted by atomic mass is 16.7. The number of hydrogen-bond donors (Lipinski definition) is 2. The molecule has 1 aromatic carbocycles. The minimum Gasteiger partial charge on any atom is -0.480 e. The molecule has 0 fully saturated rings. The molecule has 0 saturated carbocycles. The van der Waals surface area contributed by atoms with Gasteiger partial charge < -0.3 is 34.1 Å². The van der Waals surface area contributed by atoms with E-state index in [9.17, 15) is 24.3 Å². The second kappa shape index (κ2) is 15.9. The third kappa shape index (κ3) is 12.8. The van der Waals surface area contributed by atoms with Crippen LogP contribution in [-0.4, -0.2) is 61.3 Å². The summed E-state index contributed by atoms with van der Waals surface area (Å²) in [7, 11) is 0. The lowest BCUT2D eigenvalue weighted by Gasteiger charge is -2.24. The van der Waals surface area contributed by atoms with Gasteiger partial charge in [-0.15, -0.1) is 0 Å². The SMILES string of the molecule is CCC(C)(C)C(=O)OC(C)CN[C@@H](Cc1ccc(OC(=O)OCC(C)C)c(OC(=O)OCC(C)C)c1)C(=O)O. The minimum absolute atomic E-state index is 0.00801. The third-order valence-corrected chi connectivity index (χ3v) is 5.60. The summed E-state index contributed by atoms with van der Waals surface area (Å²) in [5.74, 6) is -1.54. The van der Waals surface area contributed by atoms with Gasteiger partial charge in [-0.3, -0.25) is 9.59 Å². The number of esters is 1. The fraction of sp³-hybridized carbons (Fsp3) is 0.643. The van der Waals surface area contributed by atoms with Gasteiger partial charge in [0.15, 0.2) is 11.5 Å². The van der Waals surface area contributed by atoms with E-state index in [1.807, 2.05) is 34.6 Å². The zero-order valence-electron chi connectivity index (χ0n) is 24.2. The Kier molecular flexibility index (Phi) is 13.8. The van der Waals surface area contributed by atoms with Crippen LogP contribution in [0.1, 0.15) is 67.4 Å². The van der Waals surface area contributed by atoms with Crippen LogP contribution in [0.4, 0.5) is 9.59 Å². The average Bonchev–Trinajstić information content (AvgIpc) is 2.85. The van der Waals surface area contributed by atoms with Crippen molar-refractivity contribution in [3.8, 4) is 11.5 Å². The first-order valence-corrected chi connectivity index (χ1v) is 13.1. The molecule has 2 N–H and O–H groups in total. The monoisotopic (exact) mass is 553 g/mol. The van der Waals surface area contributed by atoms with Crippen molar-refractivity contribution in [2.75, 3.05) is 19.8 Å². The van der Waals surface area contributed by atoms with Gasteiger partial charge in [-0.25, -0.2) is 9.59 Å². The molecule has 2 atom stereocenters. The predicted octanol–water partition coefficient (Wildman–Crippen LogP) is 4.98. The van der Waals surface area contributed by atoms with Crippen molar-refractivity contribution in [2.45, 2.75) is 80.4 Å². The number of ether oxygens (including phenoxy) is 5. The summed E-state index contributed by atoms with van der Waals surface area (Å²) >= 11 is 0. The lowest BCUT2D eigenvalue weighted by Crippen LogP contribution is -2.43.